The maximum Gasteiger partial charge on any atom is 0.314 e. The molecule has 0 radical (unpaired) electrons. The van der Waals surface area contributed by atoms with Crippen LogP contribution in [0.3, 0.4) is 0 Å². The Morgan fingerprint density at radius 1 is 1.06 bits per heavy atom. The molecular formula is C12H21N3O3. The molecule has 6 nitrogen and oxygen atoms in total. The number of hydrogen-bond acceptors (Lipinski definition) is 3. The number of primary amides is 1. The third-order valence-electron chi connectivity index (χ3n) is 3.79. The van der Waals surface area contributed by atoms with Gasteiger partial charge in [-0.25, -0.2) is 4.79 Å². The number of nitrogens with two attached hydrogens (primary N) is 1. The number of likely N-dealkylation sites (tertiary alicyclic amines) is 2. The van der Waals surface area contributed by atoms with Gasteiger partial charge in [-0.15, -0.1) is 0 Å². The predicted molar refractivity (Wildman–Crippen MR) is 65.7 cm³/mol. The number of urea groups is 1. The minimum absolute atomic E-state index is 0.0553. The number of carbonyl (C=O) groups is 2. The van der Waals surface area contributed by atoms with E-state index in [0.717, 1.165) is 25.7 Å². The van der Waals surface area contributed by atoms with Crippen LogP contribution in [0.1, 0.15) is 25.7 Å². The van der Waals surface area contributed by atoms with Crippen molar-refractivity contribution in [3.05, 3.63) is 0 Å². The summed E-state index contributed by atoms with van der Waals surface area (Å²) < 4.78 is 0. The summed E-state index contributed by atoms with van der Waals surface area (Å²) in [5, 5.41) is 9.59. The molecule has 102 valence electrons. The number of piperidine rings is 2. The fraction of sp³-hybridized carbons (Fsp3) is 0.833. The number of β-amino-alcohol motifs (C(OH)–C–C–N with tert-alkyl or cyclic N) is 1. The van der Waals surface area contributed by atoms with Crippen molar-refractivity contribution in [2.45, 2.75) is 31.8 Å². The van der Waals surface area contributed by atoms with Crippen molar-refractivity contribution in [1.29, 1.82) is 0 Å². The highest BCUT2D eigenvalue weighted by molar-refractivity contribution is 5.80. The lowest BCUT2D eigenvalue weighted by atomic mass is 9.95. The van der Waals surface area contributed by atoms with Crippen molar-refractivity contribution in [2.75, 3.05) is 26.2 Å². The summed E-state index contributed by atoms with van der Waals surface area (Å²) in [6, 6.07) is -0.453. The maximum absolute atomic E-state index is 12.3. The molecule has 0 saturated carbocycles. The normalized spacial score (nSPS) is 29.2. The van der Waals surface area contributed by atoms with E-state index in [2.05, 4.69) is 0 Å². The molecule has 18 heavy (non-hydrogen) atoms. The Balaban J connectivity index is 1.93. The Labute approximate surface area is 107 Å². The van der Waals surface area contributed by atoms with Gasteiger partial charge >= 0.3 is 6.03 Å². The molecule has 2 fully saturated rings. The van der Waals surface area contributed by atoms with Crippen molar-refractivity contribution in [3.8, 4) is 0 Å². The smallest absolute Gasteiger partial charge is 0.314 e. The van der Waals surface area contributed by atoms with Gasteiger partial charge in [0, 0.05) is 26.2 Å². The van der Waals surface area contributed by atoms with Gasteiger partial charge in [-0.2, -0.15) is 0 Å². The first-order valence-corrected chi connectivity index (χ1v) is 6.59. The third kappa shape index (κ3) is 2.93. The Morgan fingerprint density at radius 3 is 2.39 bits per heavy atom. The number of amides is 3. The molecule has 2 unspecified atom stereocenters. The van der Waals surface area contributed by atoms with Gasteiger partial charge in [0.25, 0.3) is 0 Å². The number of aliphatic hydroxyl groups is 1. The summed E-state index contributed by atoms with van der Waals surface area (Å²) >= 11 is 0. The first kappa shape index (κ1) is 13.1. The minimum Gasteiger partial charge on any atom is -0.391 e. The average molecular weight is 255 g/mol. The standard InChI is InChI=1S/C12H21N3O3/c13-12(18)15-6-1-3-9(7-15)11(17)14-5-2-4-10(16)8-14/h9-10,16H,1-8H2,(H2,13,18). The second kappa shape index (κ2) is 5.56. The molecular weight excluding hydrogens is 234 g/mol. The van der Waals surface area contributed by atoms with Gasteiger partial charge in [0.05, 0.1) is 12.0 Å². The SMILES string of the molecule is NC(=O)N1CCCC(C(=O)N2CCCC(O)C2)C1. The van der Waals surface area contributed by atoms with Crippen LogP contribution < -0.4 is 5.73 Å². The molecule has 2 aliphatic heterocycles. The summed E-state index contributed by atoms with van der Waals surface area (Å²) in [6.07, 6.45) is 2.82. The highest BCUT2D eigenvalue weighted by Crippen LogP contribution is 2.21. The Morgan fingerprint density at radius 2 is 1.72 bits per heavy atom. The zero-order valence-corrected chi connectivity index (χ0v) is 10.5. The van der Waals surface area contributed by atoms with Crippen molar-refractivity contribution in [1.82, 2.24) is 9.80 Å². The molecule has 3 N–H and O–H groups in total. The van der Waals surface area contributed by atoms with Crippen molar-refractivity contribution < 1.29 is 14.7 Å². The zero-order valence-electron chi connectivity index (χ0n) is 10.5. The van der Waals surface area contributed by atoms with Crippen LogP contribution in [-0.2, 0) is 4.79 Å². The molecule has 0 aromatic rings. The molecule has 2 aliphatic rings. The molecule has 0 aliphatic carbocycles. The molecule has 3 amide bonds. The fourth-order valence-corrected chi connectivity index (χ4v) is 2.79. The second-order valence-electron chi connectivity index (χ2n) is 5.20. The number of nitrogens with zero attached hydrogens (tertiary/aromatic N) is 2. The fourth-order valence-electron chi connectivity index (χ4n) is 2.79. The average Bonchev–Trinajstić information content (AvgIpc) is 2.38. The van der Waals surface area contributed by atoms with Crippen LogP contribution in [0, 0.1) is 5.92 Å². The van der Waals surface area contributed by atoms with Crippen LogP contribution in [0.4, 0.5) is 4.79 Å². The molecule has 2 heterocycles. The van der Waals surface area contributed by atoms with Crippen LogP contribution in [0.15, 0.2) is 0 Å². The Bertz CT molecular complexity index is 335. The molecule has 0 aromatic heterocycles. The van der Waals surface area contributed by atoms with Gasteiger partial charge in [-0.1, -0.05) is 0 Å². The summed E-state index contributed by atoms with van der Waals surface area (Å²) in [7, 11) is 0. The van der Waals surface area contributed by atoms with E-state index in [1.54, 1.807) is 4.90 Å². The summed E-state index contributed by atoms with van der Waals surface area (Å²) in [6.45, 7) is 2.19. The lowest BCUT2D eigenvalue weighted by molar-refractivity contribution is -0.140. The van der Waals surface area contributed by atoms with E-state index in [4.69, 9.17) is 5.73 Å². The van der Waals surface area contributed by atoms with Gasteiger partial charge in [0.2, 0.25) is 5.91 Å². The molecule has 0 aromatic carbocycles. The summed E-state index contributed by atoms with van der Waals surface area (Å²) in [4.78, 5) is 26.7. The lowest BCUT2D eigenvalue weighted by Crippen LogP contribution is -2.50. The molecule has 2 rings (SSSR count). The zero-order chi connectivity index (χ0) is 13.1. The lowest BCUT2D eigenvalue weighted by Gasteiger charge is -2.36. The molecule has 2 atom stereocenters. The highest BCUT2D eigenvalue weighted by atomic mass is 16.3. The monoisotopic (exact) mass is 255 g/mol. The number of hydrogen-bond donors (Lipinski definition) is 2. The quantitative estimate of drug-likeness (QED) is 0.678. The number of aliphatic hydroxyl groups excluding tert-OH is 1. The van der Waals surface area contributed by atoms with Crippen LogP contribution in [-0.4, -0.2) is 59.1 Å². The van der Waals surface area contributed by atoms with E-state index >= 15 is 0 Å². The largest absolute Gasteiger partial charge is 0.391 e. The van der Waals surface area contributed by atoms with Crippen LogP contribution in [0.5, 0.6) is 0 Å². The highest BCUT2D eigenvalue weighted by Gasteiger charge is 2.32. The maximum atomic E-state index is 12.3. The third-order valence-corrected chi connectivity index (χ3v) is 3.79. The number of rotatable bonds is 1. The van der Waals surface area contributed by atoms with Crippen LogP contribution >= 0.6 is 0 Å². The molecule has 6 heteroatoms. The van der Waals surface area contributed by atoms with Crippen LogP contribution in [0.2, 0.25) is 0 Å². The first-order valence-electron chi connectivity index (χ1n) is 6.59. The van der Waals surface area contributed by atoms with Gasteiger partial charge < -0.3 is 20.6 Å². The number of carbonyl (C=O) groups excluding carboxylic acids is 2. The van der Waals surface area contributed by atoms with E-state index in [9.17, 15) is 14.7 Å². The molecule has 0 bridgehead atoms. The molecule has 0 spiro atoms. The first-order chi connectivity index (χ1) is 8.58. The van der Waals surface area contributed by atoms with Gasteiger partial charge in [0.15, 0.2) is 0 Å². The van der Waals surface area contributed by atoms with E-state index in [1.807, 2.05) is 0 Å². The minimum atomic E-state index is -0.453. The van der Waals surface area contributed by atoms with Crippen molar-refractivity contribution in [2.24, 2.45) is 11.7 Å². The van der Waals surface area contributed by atoms with E-state index in [0.29, 0.717) is 26.2 Å². The van der Waals surface area contributed by atoms with Crippen LogP contribution in [0.25, 0.3) is 0 Å². The topological polar surface area (TPSA) is 86.9 Å². The van der Waals surface area contributed by atoms with Crippen molar-refractivity contribution in [3.63, 3.8) is 0 Å². The van der Waals surface area contributed by atoms with Gasteiger partial charge in [0.1, 0.15) is 0 Å². The summed E-state index contributed by atoms with van der Waals surface area (Å²) in [5.74, 6) is -0.101. The van der Waals surface area contributed by atoms with E-state index < -0.39 is 12.1 Å². The van der Waals surface area contributed by atoms with Gasteiger partial charge in [-0.05, 0) is 25.7 Å². The summed E-state index contributed by atoms with van der Waals surface area (Å²) in [5.41, 5.74) is 5.25. The van der Waals surface area contributed by atoms with Gasteiger partial charge in [-0.3, -0.25) is 4.79 Å². The molecule has 2 saturated heterocycles. The van der Waals surface area contributed by atoms with E-state index in [1.165, 1.54) is 4.90 Å². The van der Waals surface area contributed by atoms with E-state index in [-0.39, 0.29) is 11.8 Å². The Hall–Kier alpha value is -1.30. The van der Waals surface area contributed by atoms with Crippen molar-refractivity contribution >= 4 is 11.9 Å². The predicted octanol–water partition coefficient (Wildman–Crippen LogP) is -0.240. The second-order valence-corrected chi connectivity index (χ2v) is 5.20. The Kier molecular flexibility index (Phi) is 4.06.